The molecule has 1 aromatic heterocycles. The minimum atomic E-state index is -0.241. The van der Waals surface area contributed by atoms with Gasteiger partial charge >= 0.3 is 0 Å². The van der Waals surface area contributed by atoms with Crippen molar-refractivity contribution in [1.82, 2.24) is 15.5 Å². The molecule has 2 N–H and O–H groups in total. The van der Waals surface area contributed by atoms with E-state index in [2.05, 4.69) is 20.8 Å². The fourth-order valence-electron chi connectivity index (χ4n) is 2.32. The van der Waals surface area contributed by atoms with Crippen LogP contribution in [0.3, 0.4) is 0 Å². The minimum absolute atomic E-state index is 0.241. The van der Waals surface area contributed by atoms with Crippen molar-refractivity contribution in [3.8, 4) is 5.75 Å². The van der Waals surface area contributed by atoms with E-state index in [1.165, 1.54) is 11.3 Å². The lowest BCUT2D eigenvalue weighted by molar-refractivity contribution is 0.102. The van der Waals surface area contributed by atoms with Gasteiger partial charge in [-0.2, -0.15) is 0 Å². The summed E-state index contributed by atoms with van der Waals surface area (Å²) in [7, 11) is 1.54. The molecule has 6 nitrogen and oxygen atoms in total. The van der Waals surface area contributed by atoms with Gasteiger partial charge in [0.25, 0.3) is 5.91 Å². The number of hydrogen-bond acceptors (Lipinski definition) is 6. The highest BCUT2D eigenvalue weighted by Crippen LogP contribution is 2.28. The molecule has 1 fully saturated rings. The van der Waals surface area contributed by atoms with E-state index in [4.69, 9.17) is 4.74 Å². The molecular weight excluding hydrogens is 288 g/mol. The van der Waals surface area contributed by atoms with Crippen LogP contribution in [0, 0.1) is 0 Å². The number of amides is 1. The highest BCUT2D eigenvalue weighted by Gasteiger charge is 2.21. The summed E-state index contributed by atoms with van der Waals surface area (Å²) in [5, 5.41) is 15.8. The van der Waals surface area contributed by atoms with E-state index in [1.807, 2.05) is 6.07 Å². The fraction of sp³-hybridized carbons (Fsp3) is 0.357. The quantitative estimate of drug-likeness (QED) is 0.906. The van der Waals surface area contributed by atoms with Crippen LogP contribution in [-0.4, -0.2) is 29.8 Å². The molecule has 1 atom stereocenters. The molecule has 1 unspecified atom stereocenters. The smallest absolute Gasteiger partial charge is 0.261 e. The van der Waals surface area contributed by atoms with Crippen molar-refractivity contribution in [3.05, 3.63) is 34.8 Å². The number of rotatable bonds is 4. The van der Waals surface area contributed by atoms with Crippen LogP contribution in [0.4, 0.5) is 5.13 Å². The molecule has 2 heterocycles. The lowest BCUT2D eigenvalue weighted by atomic mass is 10.2. The van der Waals surface area contributed by atoms with Crippen LogP contribution in [-0.2, 0) is 0 Å². The van der Waals surface area contributed by atoms with Crippen molar-refractivity contribution in [3.63, 3.8) is 0 Å². The highest BCUT2D eigenvalue weighted by molar-refractivity contribution is 7.15. The average molecular weight is 304 g/mol. The van der Waals surface area contributed by atoms with Gasteiger partial charge in [-0.25, -0.2) is 0 Å². The average Bonchev–Trinajstić information content (AvgIpc) is 3.17. The zero-order chi connectivity index (χ0) is 14.7. The Balaban J connectivity index is 1.72. The van der Waals surface area contributed by atoms with E-state index in [-0.39, 0.29) is 11.9 Å². The number of carbonyl (C=O) groups is 1. The van der Waals surface area contributed by atoms with E-state index in [0.29, 0.717) is 16.4 Å². The molecule has 0 spiro atoms. The summed E-state index contributed by atoms with van der Waals surface area (Å²) in [4.78, 5) is 12.3. The van der Waals surface area contributed by atoms with E-state index in [1.54, 1.807) is 25.3 Å². The summed E-state index contributed by atoms with van der Waals surface area (Å²) in [6.07, 6.45) is 2.21. The molecule has 0 radical (unpaired) electrons. The van der Waals surface area contributed by atoms with Crippen LogP contribution in [0.2, 0.25) is 0 Å². The maximum Gasteiger partial charge on any atom is 0.261 e. The molecule has 3 rings (SSSR count). The van der Waals surface area contributed by atoms with E-state index < -0.39 is 0 Å². The first-order valence-electron chi connectivity index (χ1n) is 6.79. The number of anilines is 1. The van der Waals surface area contributed by atoms with Crippen molar-refractivity contribution in [2.24, 2.45) is 0 Å². The third-order valence-corrected chi connectivity index (χ3v) is 4.32. The molecule has 1 aliphatic rings. The number of hydrogen-bond donors (Lipinski definition) is 2. The van der Waals surface area contributed by atoms with Gasteiger partial charge in [-0.05, 0) is 31.5 Å². The third kappa shape index (κ3) is 3.03. The summed E-state index contributed by atoms with van der Waals surface area (Å²) >= 11 is 1.41. The molecule has 1 aromatic carbocycles. The summed E-state index contributed by atoms with van der Waals surface area (Å²) < 4.78 is 5.19. The number of nitrogens with zero attached hydrogens (tertiary/aromatic N) is 2. The van der Waals surface area contributed by atoms with E-state index in [0.717, 1.165) is 24.4 Å². The van der Waals surface area contributed by atoms with Crippen LogP contribution in [0.5, 0.6) is 5.75 Å². The summed E-state index contributed by atoms with van der Waals surface area (Å²) in [5.41, 5.74) is 0.482. The van der Waals surface area contributed by atoms with Gasteiger partial charge in [0.05, 0.1) is 18.7 Å². The van der Waals surface area contributed by atoms with Crippen LogP contribution in [0.25, 0.3) is 0 Å². The molecule has 21 heavy (non-hydrogen) atoms. The summed E-state index contributed by atoms with van der Waals surface area (Å²) in [5.74, 6) is 0.298. The fourth-order valence-corrected chi connectivity index (χ4v) is 3.17. The Bertz CT molecular complexity index is 637. The zero-order valence-corrected chi connectivity index (χ0v) is 12.4. The molecule has 110 valence electrons. The second kappa shape index (κ2) is 6.19. The molecule has 1 aliphatic heterocycles. The number of aromatic nitrogens is 2. The number of carbonyl (C=O) groups excluding carboxylic acids is 1. The first kappa shape index (κ1) is 14.0. The van der Waals surface area contributed by atoms with Gasteiger partial charge in [-0.1, -0.05) is 23.5 Å². The summed E-state index contributed by atoms with van der Waals surface area (Å²) in [6, 6.07) is 7.35. The Labute approximate surface area is 126 Å². The second-order valence-electron chi connectivity index (χ2n) is 4.75. The topological polar surface area (TPSA) is 76.1 Å². The largest absolute Gasteiger partial charge is 0.496 e. The Kier molecular flexibility index (Phi) is 4.12. The van der Waals surface area contributed by atoms with Crippen molar-refractivity contribution in [1.29, 1.82) is 0 Å². The number of para-hydroxylation sites is 1. The molecule has 1 saturated heterocycles. The normalized spacial score (nSPS) is 17.7. The van der Waals surface area contributed by atoms with E-state index in [9.17, 15) is 4.79 Å². The molecule has 2 aromatic rings. The SMILES string of the molecule is COc1ccccc1C(=O)Nc1nnc(C2CCCN2)s1. The Morgan fingerprint density at radius 2 is 2.29 bits per heavy atom. The predicted octanol–water partition coefficient (Wildman–Crippen LogP) is 2.22. The number of nitrogens with one attached hydrogen (secondary N) is 2. The third-order valence-electron chi connectivity index (χ3n) is 3.37. The number of methoxy groups -OCH3 is 1. The van der Waals surface area contributed by atoms with Crippen molar-refractivity contribution < 1.29 is 9.53 Å². The van der Waals surface area contributed by atoms with Crippen molar-refractivity contribution >= 4 is 22.4 Å². The number of ether oxygens (including phenoxy) is 1. The molecule has 0 saturated carbocycles. The summed E-state index contributed by atoms with van der Waals surface area (Å²) in [6.45, 7) is 1.01. The maximum atomic E-state index is 12.3. The van der Waals surface area contributed by atoms with Crippen LogP contribution < -0.4 is 15.4 Å². The standard InChI is InChI=1S/C14H16N4O2S/c1-20-11-7-3-2-5-9(11)12(19)16-14-18-17-13(21-14)10-6-4-8-15-10/h2-3,5,7,10,15H,4,6,8H2,1H3,(H,16,18,19). The van der Waals surface area contributed by atoms with Gasteiger partial charge < -0.3 is 10.1 Å². The Hall–Kier alpha value is -1.99. The van der Waals surface area contributed by atoms with Gasteiger partial charge in [0, 0.05) is 0 Å². The Morgan fingerprint density at radius 1 is 1.43 bits per heavy atom. The Morgan fingerprint density at radius 3 is 3.05 bits per heavy atom. The molecular formula is C14H16N4O2S. The molecule has 0 bridgehead atoms. The molecule has 1 amide bonds. The van der Waals surface area contributed by atoms with Crippen LogP contribution in [0.1, 0.15) is 34.2 Å². The molecule has 7 heteroatoms. The van der Waals surface area contributed by atoms with Gasteiger partial charge in [-0.3, -0.25) is 10.1 Å². The van der Waals surface area contributed by atoms with Crippen LogP contribution >= 0.6 is 11.3 Å². The maximum absolute atomic E-state index is 12.3. The lowest BCUT2D eigenvalue weighted by Gasteiger charge is -2.06. The monoisotopic (exact) mass is 304 g/mol. The number of benzene rings is 1. The van der Waals surface area contributed by atoms with Gasteiger partial charge in [0.2, 0.25) is 5.13 Å². The second-order valence-corrected chi connectivity index (χ2v) is 5.76. The zero-order valence-electron chi connectivity index (χ0n) is 11.6. The van der Waals surface area contributed by atoms with Crippen molar-refractivity contribution in [2.45, 2.75) is 18.9 Å². The van der Waals surface area contributed by atoms with Gasteiger partial charge in [0.15, 0.2) is 0 Å². The lowest BCUT2D eigenvalue weighted by Crippen LogP contribution is -2.13. The minimum Gasteiger partial charge on any atom is -0.496 e. The predicted molar refractivity (Wildman–Crippen MR) is 80.8 cm³/mol. The van der Waals surface area contributed by atoms with Crippen molar-refractivity contribution in [2.75, 3.05) is 19.0 Å². The van der Waals surface area contributed by atoms with Gasteiger partial charge in [0.1, 0.15) is 10.8 Å². The highest BCUT2D eigenvalue weighted by atomic mass is 32.1. The van der Waals surface area contributed by atoms with Crippen LogP contribution in [0.15, 0.2) is 24.3 Å². The molecule has 0 aliphatic carbocycles. The van der Waals surface area contributed by atoms with Gasteiger partial charge in [-0.15, -0.1) is 10.2 Å². The van der Waals surface area contributed by atoms with E-state index >= 15 is 0 Å². The first-order chi connectivity index (χ1) is 10.3. The first-order valence-corrected chi connectivity index (χ1v) is 7.60.